The summed E-state index contributed by atoms with van der Waals surface area (Å²) in [7, 11) is 0. The number of aromatic nitrogens is 3. The number of hydrogen-bond donors (Lipinski definition) is 3. The van der Waals surface area contributed by atoms with Gasteiger partial charge in [-0.15, -0.1) is 10.2 Å². The highest BCUT2D eigenvalue weighted by molar-refractivity contribution is 5.96. The van der Waals surface area contributed by atoms with Crippen molar-refractivity contribution in [1.82, 2.24) is 20.1 Å². The molecule has 2 amide bonds. The maximum absolute atomic E-state index is 11.7. The van der Waals surface area contributed by atoms with E-state index >= 15 is 0 Å². The Morgan fingerprint density at radius 1 is 1.28 bits per heavy atom. The summed E-state index contributed by atoms with van der Waals surface area (Å²) in [5.74, 6) is 0.0744. The molecule has 9 heteroatoms. The molecule has 1 aromatic carbocycles. The lowest BCUT2D eigenvalue weighted by atomic mass is 10.0. The highest BCUT2D eigenvalue weighted by Gasteiger charge is 2.26. The molecule has 0 bridgehead atoms. The Kier molecular flexibility index (Phi) is 6.06. The van der Waals surface area contributed by atoms with Gasteiger partial charge in [0.25, 0.3) is 5.91 Å². The Morgan fingerprint density at radius 3 is 2.62 bits per heavy atom. The molecule has 4 N–H and O–H groups in total. The quantitative estimate of drug-likeness (QED) is 0.612. The summed E-state index contributed by atoms with van der Waals surface area (Å²) in [6.45, 7) is 8.89. The molecule has 2 heterocycles. The van der Waals surface area contributed by atoms with E-state index in [1.807, 2.05) is 24.3 Å². The molecule has 0 radical (unpaired) electrons. The molecule has 1 saturated heterocycles. The minimum atomic E-state index is -0.721. The second-order valence-electron chi connectivity index (χ2n) is 7.22. The van der Waals surface area contributed by atoms with Gasteiger partial charge < -0.3 is 21.3 Å². The van der Waals surface area contributed by atoms with Crippen molar-refractivity contribution in [2.75, 3.05) is 23.7 Å². The SMILES string of the molecule is C=CC(=O)N1CC[C@@H](Nc2nnc(C(N)=O)c(Nc3ccc(C(C)C)cc3)n2)C1. The van der Waals surface area contributed by atoms with E-state index in [1.54, 1.807) is 4.90 Å². The van der Waals surface area contributed by atoms with Crippen molar-refractivity contribution >= 4 is 29.3 Å². The van der Waals surface area contributed by atoms with E-state index in [2.05, 4.69) is 46.2 Å². The maximum Gasteiger partial charge on any atom is 0.273 e. The second kappa shape index (κ2) is 8.68. The molecule has 0 spiro atoms. The second-order valence-corrected chi connectivity index (χ2v) is 7.22. The van der Waals surface area contributed by atoms with Crippen molar-refractivity contribution in [3.63, 3.8) is 0 Å². The van der Waals surface area contributed by atoms with Crippen LogP contribution in [0.5, 0.6) is 0 Å². The Balaban J connectivity index is 1.76. The third-order valence-corrected chi connectivity index (χ3v) is 4.77. The average molecular weight is 395 g/mol. The number of nitrogens with one attached hydrogen (secondary N) is 2. The van der Waals surface area contributed by atoms with Crippen LogP contribution in [-0.4, -0.2) is 51.0 Å². The monoisotopic (exact) mass is 395 g/mol. The summed E-state index contributed by atoms with van der Waals surface area (Å²) < 4.78 is 0. The van der Waals surface area contributed by atoms with E-state index in [0.29, 0.717) is 19.0 Å². The summed E-state index contributed by atoms with van der Waals surface area (Å²) in [5, 5.41) is 14.1. The van der Waals surface area contributed by atoms with E-state index in [4.69, 9.17) is 5.73 Å². The van der Waals surface area contributed by atoms with Crippen LogP contribution in [0.15, 0.2) is 36.9 Å². The summed E-state index contributed by atoms with van der Waals surface area (Å²) in [6.07, 6.45) is 2.05. The molecule has 1 atom stereocenters. The van der Waals surface area contributed by atoms with Gasteiger partial charge in [-0.2, -0.15) is 4.98 Å². The number of likely N-dealkylation sites (tertiary alicyclic amines) is 1. The van der Waals surface area contributed by atoms with Crippen LogP contribution in [-0.2, 0) is 4.79 Å². The standard InChI is InChI=1S/C20H25N7O2/c1-4-16(28)27-10-9-15(11-27)23-20-24-19(17(18(21)29)25-26-20)22-14-7-5-13(6-8-14)12(2)3/h4-8,12,15H,1,9-11H2,2-3H3,(H2,21,29)(H2,22,23,24,26)/t15-/m1/s1. The molecule has 1 fully saturated rings. The summed E-state index contributed by atoms with van der Waals surface area (Å²) >= 11 is 0. The first kappa shape index (κ1) is 20.2. The highest BCUT2D eigenvalue weighted by Crippen LogP contribution is 2.22. The summed E-state index contributed by atoms with van der Waals surface area (Å²) in [5.41, 5.74) is 7.33. The van der Waals surface area contributed by atoms with E-state index in [-0.39, 0.29) is 29.4 Å². The number of hydrogen-bond acceptors (Lipinski definition) is 7. The molecule has 0 unspecified atom stereocenters. The Labute approximate surface area is 169 Å². The van der Waals surface area contributed by atoms with Crippen LogP contribution in [0.1, 0.15) is 42.2 Å². The van der Waals surface area contributed by atoms with Crippen LogP contribution < -0.4 is 16.4 Å². The van der Waals surface area contributed by atoms with Crippen molar-refractivity contribution in [3.05, 3.63) is 48.2 Å². The fourth-order valence-corrected chi connectivity index (χ4v) is 3.12. The third kappa shape index (κ3) is 4.87. The minimum absolute atomic E-state index is 0.0155. The number of primary amides is 1. The van der Waals surface area contributed by atoms with Gasteiger partial charge >= 0.3 is 0 Å². The zero-order valence-corrected chi connectivity index (χ0v) is 16.6. The third-order valence-electron chi connectivity index (χ3n) is 4.77. The molecular formula is C20H25N7O2. The van der Waals surface area contributed by atoms with Gasteiger partial charge in [-0.25, -0.2) is 0 Å². The van der Waals surface area contributed by atoms with Crippen molar-refractivity contribution in [3.8, 4) is 0 Å². The van der Waals surface area contributed by atoms with Crippen LogP contribution in [0.4, 0.5) is 17.5 Å². The van der Waals surface area contributed by atoms with Crippen LogP contribution in [0.3, 0.4) is 0 Å². The molecule has 1 aliphatic rings. The number of nitrogens with zero attached hydrogens (tertiary/aromatic N) is 4. The highest BCUT2D eigenvalue weighted by atomic mass is 16.2. The van der Waals surface area contributed by atoms with E-state index in [9.17, 15) is 9.59 Å². The van der Waals surface area contributed by atoms with Crippen molar-refractivity contribution in [1.29, 1.82) is 0 Å². The predicted octanol–water partition coefficient (Wildman–Crippen LogP) is 2.04. The Morgan fingerprint density at radius 2 is 2.00 bits per heavy atom. The Hall–Kier alpha value is -3.49. The zero-order chi connectivity index (χ0) is 21.0. The number of anilines is 3. The lowest BCUT2D eigenvalue weighted by Gasteiger charge is -2.16. The van der Waals surface area contributed by atoms with Crippen molar-refractivity contribution < 1.29 is 9.59 Å². The number of benzene rings is 1. The fraction of sp³-hybridized carbons (Fsp3) is 0.350. The first-order chi connectivity index (χ1) is 13.9. The zero-order valence-electron chi connectivity index (χ0n) is 16.6. The maximum atomic E-state index is 11.7. The van der Waals surface area contributed by atoms with Crippen molar-refractivity contribution in [2.24, 2.45) is 5.73 Å². The van der Waals surface area contributed by atoms with Crippen molar-refractivity contribution in [2.45, 2.75) is 32.2 Å². The molecular weight excluding hydrogens is 370 g/mol. The molecule has 0 aliphatic carbocycles. The molecule has 29 heavy (non-hydrogen) atoms. The van der Waals surface area contributed by atoms with Gasteiger partial charge in [0.15, 0.2) is 11.5 Å². The predicted molar refractivity (Wildman–Crippen MR) is 111 cm³/mol. The number of amides is 2. The molecule has 0 saturated carbocycles. The van der Waals surface area contributed by atoms with Gasteiger partial charge in [0.2, 0.25) is 11.9 Å². The van der Waals surface area contributed by atoms with E-state index < -0.39 is 5.91 Å². The Bertz CT molecular complexity index is 912. The topological polar surface area (TPSA) is 126 Å². The normalized spacial score (nSPS) is 16.0. The number of rotatable bonds is 7. The summed E-state index contributed by atoms with van der Waals surface area (Å²) in [4.78, 5) is 29.5. The molecule has 1 aromatic heterocycles. The smallest absolute Gasteiger partial charge is 0.273 e. The lowest BCUT2D eigenvalue weighted by Crippen LogP contribution is -2.30. The average Bonchev–Trinajstić information content (AvgIpc) is 3.16. The number of carbonyl (C=O) groups excluding carboxylic acids is 2. The van der Waals surface area contributed by atoms with E-state index in [1.165, 1.54) is 11.6 Å². The number of carbonyl (C=O) groups is 2. The van der Waals surface area contributed by atoms with Gasteiger partial charge in [0.1, 0.15) is 0 Å². The van der Waals surface area contributed by atoms with Gasteiger partial charge in [-0.05, 0) is 36.1 Å². The van der Waals surface area contributed by atoms with Gasteiger partial charge in [0.05, 0.1) is 0 Å². The molecule has 152 valence electrons. The molecule has 2 aromatic rings. The van der Waals surface area contributed by atoms with E-state index in [0.717, 1.165) is 12.1 Å². The van der Waals surface area contributed by atoms with Gasteiger partial charge in [-0.3, -0.25) is 9.59 Å². The van der Waals surface area contributed by atoms with Crippen LogP contribution >= 0.6 is 0 Å². The lowest BCUT2D eigenvalue weighted by molar-refractivity contribution is -0.125. The molecule has 3 rings (SSSR count). The minimum Gasteiger partial charge on any atom is -0.364 e. The first-order valence-corrected chi connectivity index (χ1v) is 9.46. The first-order valence-electron chi connectivity index (χ1n) is 9.46. The largest absolute Gasteiger partial charge is 0.364 e. The van der Waals surface area contributed by atoms with Crippen LogP contribution in [0, 0.1) is 0 Å². The van der Waals surface area contributed by atoms with Gasteiger partial charge in [0, 0.05) is 24.8 Å². The fourth-order valence-electron chi connectivity index (χ4n) is 3.12. The van der Waals surface area contributed by atoms with Crippen LogP contribution in [0.25, 0.3) is 0 Å². The summed E-state index contributed by atoms with van der Waals surface area (Å²) in [6, 6.07) is 7.82. The van der Waals surface area contributed by atoms with Crippen LogP contribution in [0.2, 0.25) is 0 Å². The molecule has 1 aliphatic heterocycles. The molecule has 9 nitrogen and oxygen atoms in total. The van der Waals surface area contributed by atoms with Gasteiger partial charge in [-0.1, -0.05) is 32.6 Å². The number of nitrogens with two attached hydrogens (primary N) is 1.